The van der Waals surface area contributed by atoms with Crippen LogP contribution < -0.4 is 5.32 Å². The predicted molar refractivity (Wildman–Crippen MR) is 59.9 cm³/mol. The van der Waals surface area contributed by atoms with Crippen molar-refractivity contribution in [3.63, 3.8) is 0 Å². The Labute approximate surface area is 96.4 Å². The molecule has 0 aromatic heterocycles. The molecule has 0 aromatic rings. The molecule has 1 amide bonds. The van der Waals surface area contributed by atoms with Gasteiger partial charge in [0.2, 0.25) is 5.91 Å². The maximum Gasteiger partial charge on any atom is 0.228 e. The minimum absolute atomic E-state index is 0.00910. The summed E-state index contributed by atoms with van der Waals surface area (Å²) in [5, 5.41) is 12.3. The smallest absolute Gasteiger partial charge is 0.228 e. The molecule has 1 saturated carbocycles. The fraction of sp³-hybridized carbons (Fsp3) is 0.917. The monoisotopic (exact) mass is 227 g/mol. The largest absolute Gasteiger partial charge is 0.393 e. The number of rotatable bonds is 2. The van der Waals surface area contributed by atoms with E-state index in [0.29, 0.717) is 6.42 Å². The Bertz CT molecular complexity index is 315. The van der Waals surface area contributed by atoms with Crippen LogP contribution in [-0.2, 0) is 9.53 Å². The van der Waals surface area contributed by atoms with E-state index in [2.05, 4.69) is 5.32 Å². The summed E-state index contributed by atoms with van der Waals surface area (Å²) >= 11 is 0. The van der Waals surface area contributed by atoms with Crippen LogP contribution in [0.4, 0.5) is 0 Å². The van der Waals surface area contributed by atoms with Crippen molar-refractivity contribution in [3.8, 4) is 0 Å². The quantitative estimate of drug-likeness (QED) is 0.734. The molecule has 2 aliphatic rings. The molecule has 2 rings (SSSR count). The third-order valence-electron chi connectivity index (χ3n) is 4.43. The summed E-state index contributed by atoms with van der Waals surface area (Å²) in [5.41, 5.74) is -1.46. The van der Waals surface area contributed by atoms with Gasteiger partial charge in [0.15, 0.2) is 0 Å². The van der Waals surface area contributed by atoms with Gasteiger partial charge in [-0.2, -0.15) is 0 Å². The standard InChI is InChI=1S/C12H21NO3/c1-10(2)12(9(15)13-3)6-4-5-11(7-12,8-14)16-10/h14H,4-8H2,1-3H3,(H,13,15). The fourth-order valence-corrected chi connectivity index (χ4v) is 3.55. The highest BCUT2D eigenvalue weighted by atomic mass is 16.5. The first-order chi connectivity index (χ1) is 7.41. The third kappa shape index (κ3) is 1.32. The van der Waals surface area contributed by atoms with Crippen LogP contribution in [0.2, 0.25) is 0 Å². The molecule has 4 nitrogen and oxygen atoms in total. The van der Waals surface area contributed by atoms with Gasteiger partial charge in [-0.15, -0.1) is 0 Å². The number of carbonyl (C=O) groups excluding carboxylic acids is 1. The first kappa shape index (κ1) is 11.9. The van der Waals surface area contributed by atoms with E-state index >= 15 is 0 Å². The SMILES string of the molecule is CNC(=O)C12CCCC(CO)(C1)OC2(C)C. The van der Waals surface area contributed by atoms with Gasteiger partial charge in [-0.1, -0.05) is 0 Å². The molecule has 2 N–H and O–H groups in total. The lowest BCUT2D eigenvalue weighted by molar-refractivity contribution is -0.144. The van der Waals surface area contributed by atoms with E-state index < -0.39 is 16.6 Å². The Kier molecular flexibility index (Phi) is 2.55. The Morgan fingerprint density at radius 3 is 2.69 bits per heavy atom. The van der Waals surface area contributed by atoms with Crippen molar-refractivity contribution in [1.82, 2.24) is 5.32 Å². The second kappa shape index (κ2) is 3.44. The number of fused-ring (bicyclic) bond motifs is 2. The van der Waals surface area contributed by atoms with E-state index in [9.17, 15) is 9.90 Å². The summed E-state index contributed by atoms with van der Waals surface area (Å²) in [7, 11) is 1.67. The summed E-state index contributed by atoms with van der Waals surface area (Å²) < 4.78 is 6.02. The van der Waals surface area contributed by atoms with Crippen molar-refractivity contribution in [1.29, 1.82) is 0 Å². The third-order valence-corrected chi connectivity index (χ3v) is 4.43. The summed E-state index contributed by atoms with van der Waals surface area (Å²) in [6.45, 7) is 3.94. The molecular weight excluding hydrogens is 206 g/mol. The maximum absolute atomic E-state index is 12.1. The highest BCUT2D eigenvalue weighted by molar-refractivity contribution is 5.84. The molecule has 92 valence electrons. The molecule has 1 aliphatic carbocycles. The number of nitrogens with one attached hydrogen (secondary N) is 1. The molecule has 0 spiro atoms. The van der Waals surface area contributed by atoms with E-state index in [1.807, 2.05) is 13.8 Å². The van der Waals surface area contributed by atoms with Gasteiger partial charge in [0.1, 0.15) is 0 Å². The van der Waals surface area contributed by atoms with Gasteiger partial charge in [-0.25, -0.2) is 0 Å². The molecule has 1 saturated heterocycles. The predicted octanol–water partition coefficient (Wildman–Crippen LogP) is 0.833. The van der Waals surface area contributed by atoms with Crippen LogP contribution in [-0.4, -0.2) is 35.9 Å². The fourth-order valence-electron chi connectivity index (χ4n) is 3.55. The summed E-state index contributed by atoms with van der Waals surface area (Å²) in [6, 6.07) is 0. The molecule has 2 bridgehead atoms. The number of hydrogen-bond donors (Lipinski definition) is 2. The van der Waals surface area contributed by atoms with Crippen LogP contribution in [0.15, 0.2) is 0 Å². The van der Waals surface area contributed by atoms with E-state index in [0.717, 1.165) is 19.3 Å². The zero-order valence-corrected chi connectivity index (χ0v) is 10.3. The van der Waals surface area contributed by atoms with Crippen molar-refractivity contribution in [2.24, 2.45) is 5.41 Å². The van der Waals surface area contributed by atoms with Crippen LogP contribution in [0.5, 0.6) is 0 Å². The van der Waals surface area contributed by atoms with Crippen LogP contribution in [0.1, 0.15) is 39.5 Å². The Morgan fingerprint density at radius 2 is 2.12 bits per heavy atom. The molecule has 1 heterocycles. The lowest BCUT2D eigenvalue weighted by Gasteiger charge is -2.38. The first-order valence-electron chi connectivity index (χ1n) is 5.95. The number of amides is 1. The zero-order valence-electron chi connectivity index (χ0n) is 10.3. The van der Waals surface area contributed by atoms with Crippen molar-refractivity contribution < 1.29 is 14.6 Å². The van der Waals surface area contributed by atoms with E-state index in [4.69, 9.17) is 4.74 Å². The number of aliphatic hydroxyl groups excluding tert-OH is 1. The van der Waals surface area contributed by atoms with Crippen LogP contribution >= 0.6 is 0 Å². The summed E-state index contributed by atoms with van der Waals surface area (Å²) in [6.07, 6.45) is 3.29. The van der Waals surface area contributed by atoms with Gasteiger partial charge in [-0.05, 0) is 39.5 Å². The van der Waals surface area contributed by atoms with Gasteiger partial charge >= 0.3 is 0 Å². The molecular formula is C12H21NO3. The highest BCUT2D eigenvalue weighted by Gasteiger charge is 2.65. The second-order valence-corrected chi connectivity index (χ2v) is 5.65. The molecule has 1 aliphatic heterocycles. The minimum Gasteiger partial charge on any atom is -0.393 e. The molecule has 2 fully saturated rings. The zero-order chi connectivity index (χ0) is 12.0. The molecule has 4 heteroatoms. The van der Waals surface area contributed by atoms with Crippen molar-refractivity contribution in [2.45, 2.75) is 50.7 Å². The first-order valence-corrected chi connectivity index (χ1v) is 5.95. The molecule has 2 atom stereocenters. The molecule has 0 aromatic carbocycles. The Morgan fingerprint density at radius 1 is 1.44 bits per heavy atom. The number of hydrogen-bond acceptors (Lipinski definition) is 3. The molecule has 0 radical (unpaired) electrons. The Hall–Kier alpha value is -0.610. The molecule has 2 unspecified atom stereocenters. The number of ether oxygens (including phenoxy) is 1. The van der Waals surface area contributed by atoms with Crippen LogP contribution in [0.3, 0.4) is 0 Å². The summed E-state index contributed by atoms with van der Waals surface area (Å²) in [4.78, 5) is 12.1. The van der Waals surface area contributed by atoms with E-state index in [1.165, 1.54) is 0 Å². The Balaban J connectivity index is 2.41. The van der Waals surface area contributed by atoms with Crippen molar-refractivity contribution in [2.75, 3.05) is 13.7 Å². The lowest BCUT2D eigenvalue weighted by Crippen LogP contribution is -2.51. The topological polar surface area (TPSA) is 58.6 Å². The minimum atomic E-state index is -0.494. The van der Waals surface area contributed by atoms with Crippen molar-refractivity contribution >= 4 is 5.91 Å². The van der Waals surface area contributed by atoms with Gasteiger partial charge in [0.25, 0.3) is 0 Å². The van der Waals surface area contributed by atoms with E-state index in [-0.39, 0.29) is 12.5 Å². The molecule has 16 heavy (non-hydrogen) atoms. The van der Waals surface area contributed by atoms with Crippen molar-refractivity contribution in [3.05, 3.63) is 0 Å². The van der Waals surface area contributed by atoms with Gasteiger partial charge in [0, 0.05) is 7.05 Å². The average Bonchev–Trinajstić information content (AvgIpc) is 2.42. The van der Waals surface area contributed by atoms with E-state index in [1.54, 1.807) is 7.05 Å². The summed E-state index contributed by atoms with van der Waals surface area (Å²) in [5.74, 6) is 0.0486. The maximum atomic E-state index is 12.1. The number of aliphatic hydroxyl groups is 1. The lowest BCUT2D eigenvalue weighted by atomic mass is 9.63. The normalized spacial score (nSPS) is 40.8. The van der Waals surface area contributed by atoms with Gasteiger partial charge in [0.05, 0.1) is 23.2 Å². The highest BCUT2D eigenvalue weighted by Crippen LogP contribution is 2.58. The van der Waals surface area contributed by atoms with Crippen LogP contribution in [0, 0.1) is 5.41 Å². The van der Waals surface area contributed by atoms with Gasteiger partial charge < -0.3 is 15.2 Å². The van der Waals surface area contributed by atoms with Gasteiger partial charge in [-0.3, -0.25) is 4.79 Å². The average molecular weight is 227 g/mol. The van der Waals surface area contributed by atoms with Crippen LogP contribution in [0.25, 0.3) is 0 Å². The second-order valence-electron chi connectivity index (χ2n) is 5.65. The number of carbonyl (C=O) groups is 1.